The molecular formula is C19H19Cl2N3OS2. The van der Waals surface area contributed by atoms with E-state index in [1.807, 2.05) is 12.1 Å². The van der Waals surface area contributed by atoms with E-state index in [1.54, 1.807) is 17.4 Å². The molecular weight excluding hydrogens is 421 g/mol. The van der Waals surface area contributed by atoms with Crippen molar-refractivity contribution < 1.29 is 4.74 Å². The molecule has 2 aromatic heterocycles. The van der Waals surface area contributed by atoms with E-state index in [9.17, 15) is 0 Å². The zero-order chi connectivity index (χ0) is 19.1. The average molecular weight is 440 g/mol. The van der Waals surface area contributed by atoms with Crippen molar-refractivity contribution in [3.8, 4) is 0 Å². The molecule has 0 saturated carbocycles. The molecule has 4 nitrogen and oxygen atoms in total. The minimum Gasteiger partial charge on any atom is -0.383 e. The van der Waals surface area contributed by atoms with E-state index >= 15 is 0 Å². The molecule has 27 heavy (non-hydrogen) atoms. The van der Waals surface area contributed by atoms with Gasteiger partial charge in [0.1, 0.15) is 10.6 Å². The monoisotopic (exact) mass is 439 g/mol. The average Bonchev–Trinajstić information content (AvgIpc) is 2.98. The topological polar surface area (TPSA) is 61.0 Å². The molecule has 0 unspecified atom stereocenters. The predicted octanol–water partition coefficient (Wildman–Crippen LogP) is 5.97. The van der Waals surface area contributed by atoms with Crippen LogP contribution in [0.4, 0.5) is 5.82 Å². The molecule has 0 bridgehead atoms. The Kier molecular flexibility index (Phi) is 5.54. The number of thiophene rings is 1. The van der Waals surface area contributed by atoms with Crippen molar-refractivity contribution >= 4 is 62.3 Å². The van der Waals surface area contributed by atoms with E-state index in [2.05, 4.69) is 18.8 Å². The summed E-state index contributed by atoms with van der Waals surface area (Å²) in [6.07, 6.45) is 1.09. The third-order valence-electron chi connectivity index (χ3n) is 4.69. The molecule has 1 aromatic carbocycles. The molecule has 1 atom stereocenters. The van der Waals surface area contributed by atoms with Crippen LogP contribution in [-0.2, 0) is 23.5 Å². The molecule has 0 saturated heterocycles. The van der Waals surface area contributed by atoms with Gasteiger partial charge in [-0.3, -0.25) is 0 Å². The highest BCUT2D eigenvalue weighted by molar-refractivity contribution is 7.98. The van der Waals surface area contributed by atoms with Crippen LogP contribution in [0.15, 0.2) is 23.4 Å². The molecule has 0 fully saturated rings. The number of rotatable bonds is 4. The maximum Gasteiger partial charge on any atom is 0.191 e. The number of hydrogen-bond donors (Lipinski definition) is 1. The second kappa shape index (κ2) is 7.76. The lowest BCUT2D eigenvalue weighted by molar-refractivity contribution is 0.00203. The molecule has 3 aromatic rings. The normalized spacial score (nSPS) is 16.9. The Morgan fingerprint density at radius 1 is 1.33 bits per heavy atom. The first-order valence-electron chi connectivity index (χ1n) is 8.68. The largest absolute Gasteiger partial charge is 0.383 e. The van der Waals surface area contributed by atoms with Gasteiger partial charge in [0.25, 0.3) is 0 Å². The molecule has 0 radical (unpaired) electrons. The molecule has 142 valence electrons. The summed E-state index contributed by atoms with van der Waals surface area (Å²) in [5.41, 5.74) is 8.58. The first-order chi connectivity index (χ1) is 12.9. The van der Waals surface area contributed by atoms with Crippen LogP contribution >= 0.6 is 46.3 Å². The minimum absolute atomic E-state index is 0.218. The summed E-state index contributed by atoms with van der Waals surface area (Å²) in [4.78, 5) is 11.4. The van der Waals surface area contributed by atoms with Gasteiger partial charge in [0, 0.05) is 27.1 Å². The van der Waals surface area contributed by atoms with Crippen LogP contribution in [0, 0.1) is 5.92 Å². The number of anilines is 1. The van der Waals surface area contributed by atoms with Crippen molar-refractivity contribution in [3.63, 3.8) is 0 Å². The molecule has 4 rings (SSSR count). The second-order valence-electron chi connectivity index (χ2n) is 6.90. The van der Waals surface area contributed by atoms with Gasteiger partial charge in [-0.05, 0) is 29.2 Å². The number of ether oxygens (including phenoxy) is 1. The number of nitrogens with zero attached hydrogens (tertiary/aromatic N) is 2. The highest BCUT2D eigenvalue weighted by Gasteiger charge is 2.27. The fraction of sp³-hybridized carbons (Fsp3) is 0.368. The summed E-state index contributed by atoms with van der Waals surface area (Å²) in [6, 6.07) is 5.50. The fourth-order valence-electron chi connectivity index (χ4n) is 3.16. The summed E-state index contributed by atoms with van der Waals surface area (Å²) >= 11 is 15.4. The van der Waals surface area contributed by atoms with Crippen LogP contribution in [0.5, 0.6) is 0 Å². The first-order valence-corrected chi connectivity index (χ1v) is 11.2. The smallest absolute Gasteiger partial charge is 0.191 e. The van der Waals surface area contributed by atoms with Crippen LogP contribution in [0.2, 0.25) is 10.0 Å². The number of aromatic nitrogens is 2. The summed E-state index contributed by atoms with van der Waals surface area (Å²) < 4.78 is 5.98. The van der Waals surface area contributed by atoms with E-state index in [0.29, 0.717) is 39.3 Å². The standard InChI is InChI=1S/C19H19Cl2N3OS2/c1-9(2)14-6-12-15(7-25-14)27-18-16(12)17(22)23-19(24-18)26-8-10-3-4-11(20)5-13(10)21/h3-5,9,14H,6-8H2,1-2H3,(H2,22,23,24)/t14-/m1/s1. The van der Waals surface area contributed by atoms with Gasteiger partial charge in [-0.25, -0.2) is 9.97 Å². The van der Waals surface area contributed by atoms with Crippen molar-refractivity contribution in [2.75, 3.05) is 5.73 Å². The first kappa shape index (κ1) is 19.3. The van der Waals surface area contributed by atoms with Gasteiger partial charge in [0.2, 0.25) is 0 Å². The number of halogens is 2. The number of nitrogen functional groups attached to an aromatic ring is 1. The predicted molar refractivity (Wildman–Crippen MR) is 115 cm³/mol. The summed E-state index contributed by atoms with van der Waals surface area (Å²) in [7, 11) is 0. The van der Waals surface area contributed by atoms with Gasteiger partial charge in [-0.2, -0.15) is 0 Å². The summed E-state index contributed by atoms with van der Waals surface area (Å²) in [6.45, 7) is 4.99. The molecule has 0 amide bonds. The van der Waals surface area contributed by atoms with Crippen LogP contribution in [0.1, 0.15) is 29.9 Å². The van der Waals surface area contributed by atoms with Crippen molar-refractivity contribution in [2.24, 2.45) is 5.92 Å². The molecule has 0 spiro atoms. The van der Waals surface area contributed by atoms with Gasteiger partial charge in [0.05, 0.1) is 18.1 Å². The van der Waals surface area contributed by atoms with Gasteiger partial charge in [-0.1, -0.05) is 54.9 Å². The molecule has 0 aliphatic carbocycles. The van der Waals surface area contributed by atoms with Gasteiger partial charge in [-0.15, -0.1) is 11.3 Å². The molecule has 2 N–H and O–H groups in total. The van der Waals surface area contributed by atoms with Gasteiger partial charge in [0.15, 0.2) is 5.16 Å². The third-order valence-corrected chi connectivity index (χ3v) is 7.27. The summed E-state index contributed by atoms with van der Waals surface area (Å²) in [5.74, 6) is 1.67. The quantitative estimate of drug-likeness (QED) is 0.400. The molecule has 1 aliphatic heterocycles. The SMILES string of the molecule is CC(C)[C@H]1Cc2c(sc3nc(SCc4ccc(Cl)cc4Cl)nc(N)c23)CO1. The van der Waals surface area contributed by atoms with Crippen molar-refractivity contribution in [2.45, 2.75) is 43.9 Å². The Hall–Kier alpha value is -1.05. The van der Waals surface area contributed by atoms with Crippen LogP contribution in [-0.4, -0.2) is 16.1 Å². The van der Waals surface area contributed by atoms with E-state index in [1.165, 1.54) is 22.2 Å². The van der Waals surface area contributed by atoms with Crippen LogP contribution < -0.4 is 5.73 Å². The Balaban J connectivity index is 1.61. The highest BCUT2D eigenvalue weighted by atomic mass is 35.5. The van der Waals surface area contributed by atoms with Crippen molar-refractivity contribution in [1.29, 1.82) is 0 Å². The lowest BCUT2D eigenvalue weighted by atomic mass is 9.96. The molecule has 3 heterocycles. The minimum atomic E-state index is 0.218. The second-order valence-corrected chi connectivity index (χ2v) is 9.77. The molecule has 8 heteroatoms. The van der Waals surface area contributed by atoms with E-state index < -0.39 is 0 Å². The zero-order valence-corrected chi connectivity index (χ0v) is 18.1. The number of benzene rings is 1. The van der Waals surface area contributed by atoms with Crippen LogP contribution in [0.25, 0.3) is 10.2 Å². The van der Waals surface area contributed by atoms with Crippen LogP contribution in [0.3, 0.4) is 0 Å². The molecule has 1 aliphatic rings. The van der Waals surface area contributed by atoms with Gasteiger partial charge >= 0.3 is 0 Å². The highest BCUT2D eigenvalue weighted by Crippen LogP contribution is 2.39. The van der Waals surface area contributed by atoms with Crippen molar-refractivity contribution in [3.05, 3.63) is 44.2 Å². The van der Waals surface area contributed by atoms with Gasteiger partial charge < -0.3 is 10.5 Å². The lowest BCUT2D eigenvalue weighted by Crippen LogP contribution is -2.26. The summed E-state index contributed by atoms with van der Waals surface area (Å²) in [5, 5.41) is 2.93. The van der Waals surface area contributed by atoms with E-state index in [4.69, 9.17) is 38.7 Å². The fourth-order valence-corrected chi connectivity index (χ4v) is 5.76. The Bertz CT molecular complexity index is 1010. The Morgan fingerprint density at radius 2 is 2.15 bits per heavy atom. The number of hydrogen-bond acceptors (Lipinski definition) is 6. The van der Waals surface area contributed by atoms with Crippen molar-refractivity contribution in [1.82, 2.24) is 9.97 Å². The number of thioether (sulfide) groups is 1. The lowest BCUT2D eigenvalue weighted by Gasteiger charge is -2.26. The van der Waals surface area contributed by atoms with E-state index in [-0.39, 0.29) is 6.10 Å². The maximum absolute atomic E-state index is 6.32. The Morgan fingerprint density at radius 3 is 2.89 bits per heavy atom. The number of fused-ring (bicyclic) bond motifs is 3. The van der Waals surface area contributed by atoms with E-state index in [0.717, 1.165) is 22.2 Å². The zero-order valence-electron chi connectivity index (χ0n) is 15.0. The maximum atomic E-state index is 6.32. The number of nitrogens with two attached hydrogens (primary N) is 1. The third kappa shape index (κ3) is 3.91. The Labute approximate surface area is 176 Å².